The standard InChI is InChI=1S/C15H20N4O4/c1-6(2)9-7-5-8-10(19-23-18-8)11(17-14(16)21)12(7)22-15(3,4)13(9)20/h5-6,9,13,20H,1-4H3,(H3,16,17,21). The van der Waals surface area contributed by atoms with Gasteiger partial charge in [-0.3, -0.25) is 0 Å². The molecule has 23 heavy (non-hydrogen) atoms. The monoisotopic (exact) mass is 320 g/mol. The zero-order valence-electron chi connectivity index (χ0n) is 13.5. The van der Waals surface area contributed by atoms with Crippen molar-refractivity contribution in [3.63, 3.8) is 0 Å². The maximum atomic E-state index is 11.4. The van der Waals surface area contributed by atoms with Gasteiger partial charge in [0.2, 0.25) is 0 Å². The van der Waals surface area contributed by atoms with Crippen LogP contribution >= 0.6 is 0 Å². The third-order valence-electron chi connectivity index (χ3n) is 4.28. The summed E-state index contributed by atoms with van der Waals surface area (Å²) in [6.07, 6.45) is -0.714. The first kappa shape index (κ1) is 15.5. The lowest BCUT2D eigenvalue weighted by molar-refractivity contribution is -0.0657. The number of carbonyl (C=O) groups is 1. The predicted octanol–water partition coefficient (Wildman–Crippen LogP) is 1.98. The van der Waals surface area contributed by atoms with Gasteiger partial charge >= 0.3 is 6.03 Å². The fourth-order valence-electron chi connectivity index (χ4n) is 3.17. The molecule has 124 valence electrons. The molecule has 0 saturated heterocycles. The van der Waals surface area contributed by atoms with Crippen LogP contribution in [-0.4, -0.2) is 33.2 Å². The fraction of sp³-hybridized carbons (Fsp3) is 0.533. The number of nitrogens with two attached hydrogens (primary N) is 1. The molecule has 0 radical (unpaired) electrons. The quantitative estimate of drug-likeness (QED) is 0.777. The van der Waals surface area contributed by atoms with E-state index in [0.29, 0.717) is 22.5 Å². The fourth-order valence-corrected chi connectivity index (χ4v) is 3.17. The second kappa shape index (κ2) is 5.09. The molecule has 1 aromatic heterocycles. The van der Waals surface area contributed by atoms with E-state index in [-0.39, 0.29) is 11.8 Å². The number of aromatic nitrogens is 2. The molecule has 1 aliphatic rings. The summed E-state index contributed by atoms with van der Waals surface area (Å²) in [5.74, 6) is 0.398. The topological polar surface area (TPSA) is 124 Å². The molecule has 0 saturated carbocycles. The van der Waals surface area contributed by atoms with Crippen molar-refractivity contribution in [1.29, 1.82) is 0 Å². The van der Waals surface area contributed by atoms with E-state index in [0.717, 1.165) is 5.56 Å². The first-order valence-electron chi connectivity index (χ1n) is 7.45. The van der Waals surface area contributed by atoms with Gasteiger partial charge in [0.15, 0.2) is 5.52 Å². The molecule has 3 rings (SSSR count). The molecule has 2 aromatic rings. The van der Waals surface area contributed by atoms with Crippen LogP contribution in [0.2, 0.25) is 0 Å². The van der Waals surface area contributed by atoms with Crippen molar-refractivity contribution in [2.24, 2.45) is 11.7 Å². The number of amides is 2. The van der Waals surface area contributed by atoms with Crippen LogP contribution in [0.1, 0.15) is 39.2 Å². The Hall–Kier alpha value is -2.35. The van der Waals surface area contributed by atoms with E-state index in [1.165, 1.54) is 0 Å². The van der Waals surface area contributed by atoms with Gasteiger partial charge in [-0.15, -0.1) is 0 Å². The molecule has 2 atom stereocenters. The van der Waals surface area contributed by atoms with E-state index >= 15 is 0 Å². The third kappa shape index (κ3) is 2.39. The Morgan fingerprint density at radius 1 is 1.43 bits per heavy atom. The summed E-state index contributed by atoms with van der Waals surface area (Å²) in [5.41, 5.74) is 6.33. The highest BCUT2D eigenvalue weighted by Crippen LogP contribution is 2.49. The Labute approximate surface area is 132 Å². The van der Waals surface area contributed by atoms with Crippen LogP contribution < -0.4 is 15.8 Å². The largest absolute Gasteiger partial charge is 0.483 e. The number of hydrogen-bond acceptors (Lipinski definition) is 6. The molecule has 2 heterocycles. The zero-order valence-corrected chi connectivity index (χ0v) is 13.5. The van der Waals surface area contributed by atoms with Gasteiger partial charge in [-0.2, -0.15) is 0 Å². The van der Waals surface area contributed by atoms with Gasteiger partial charge in [-0.05, 0) is 36.1 Å². The third-order valence-corrected chi connectivity index (χ3v) is 4.28. The Kier molecular flexibility index (Phi) is 3.44. The number of hydrogen-bond donors (Lipinski definition) is 3. The predicted molar refractivity (Wildman–Crippen MR) is 83.3 cm³/mol. The molecule has 0 spiro atoms. The molecular weight excluding hydrogens is 300 g/mol. The maximum Gasteiger partial charge on any atom is 0.316 e. The number of aliphatic hydroxyl groups excluding tert-OH is 1. The van der Waals surface area contributed by atoms with Crippen LogP contribution in [0, 0.1) is 5.92 Å². The highest BCUT2D eigenvalue weighted by Gasteiger charge is 2.45. The molecule has 0 fully saturated rings. The van der Waals surface area contributed by atoms with Crippen molar-refractivity contribution in [3.8, 4) is 5.75 Å². The lowest BCUT2D eigenvalue weighted by Crippen LogP contribution is -2.50. The van der Waals surface area contributed by atoms with E-state index in [1.54, 1.807) is 19.9 Å². The number of urea groups is 1. The summed E-state index contributed by atoms with van der Waals surface area (Å²) in [6, 6.07) is 1.03. The van der Waals surface area contributed by atoms with E-state index in [4.69, 9.17) is 15.1 Å². The molecule has 0 aliphatic carbocycles. The van der Waals surface area contributed by atoms with Crippen LogP contribution in [0.5, 0.6) is 5.75 Å². The van der Waals surface area contributed by atoms with Crippen LogP contribution in [0.3, 0.4) is 0 Å². The number of nitrogens with one attached hydrogen (secondary N) is 1. The van der Waals surface area contributed by atoms with Crippen molar-refractivity contribution >= 4 is 22.8 Å². The van der Waals surface area contributed by atoms with Gasteiger partial charge in [0.25, 0.3) is 0 Å². The lowest BCUT2D eigenvalue weighted by atomic mass is 9.75. The number of benzene rings is 1. The number of rotatable bonds is 2. The number of ether oxygens (including phenoxy) is 1. The highest BCUT2D eigenvalue weighted by molar-refractivity contribution is 6.01. The summed E-state index contributed by atoms with van der Waals surface area (Å²) >= 11 is 0. The Balaban J connectivity index is 2.31. The zero-order chi connectivity index (χ0) is 16.9. The summed E-state index contributed by atoms with van der Waals surface area (Å²) in [5, 5.41) is 20.9. The minimum Gasteiger partial charge on any atom is -0.483 e. The molecule has 2 unspecified atom stereocenters. The summed E-state index contributed by atoms with van der Waals surface area (Å²) in [7, 11) is 0. The van der Waals surface area contributed by atoms with Crippen molar-refractivity contribution in [2.75, 3.05) is 5.32 Å². The minimum atomic E-state index is -0.832. The van der Waals surface area contributed by atoms with Crippen LogP contribution in [0.25, 0.3) is 11.0 Å². The molecular formula is C15H20N4O4. The van der Waals surface area contributed by atoms with Gasteiger partial charge in [0.05, 0.1) is 0 Å². The molecule has 1 aliphatic heterocycles. The molecule has 1 aromatic carbocycles. The van der Waals surface area contributed by atoms with Crippen LogP contribution in [0.15, 0.2) is 10.7 Å². The number of anilines is 1. The highest BCUT2D eigenvalue weighted by atomic mass is 16.6. The molecule has 8 heteroatoms. The molecule has 0 bridgehead atoms. The molecule has 8 nitrogen and oxygen atoms in total. The van der Waals surface area contributed by atoms with E-state index in [9.17, 15) is 9.90 Å². The van der Waals surface area contributed by atoms with Crippen molar-refractivity contribution in [3.05, 3.63) is 11.6 Å². The Morgan fingerprint density at radius 2 is 2.13 bits per heavy atom. The first-order valence-corrected chi connectivity index (χ1v) is 7.45. The number of nitrogens with zero attached hydrogens (tertiary/aromatic N) is 2. The van der Waals surface area contributed by atoms with Crippen molar-refractivity contribution < 1.29 is 19.3 Å². The average molecular weight is 320 g/mol. The van der Waals surface area contributed by atoms with Gasteiger partial charge < -0.3 is 20.9 Å². The van der Waals surface area contributed by atoms with Crippen LogP contribution in [-0.2, 0) is 0 Å². The summed E-state index contributed by atoms with van der Waals surface area (Å²) < 4.78 is 10.8. The van der Waals surface area contributed by atoms with E-state index in [2.05, 4.69) is 15.6 Å². The number of aliphatic hydroxyl groups is 1. The number of carbonyl (C=O) groups excluding carboxylic acids is 1. The number of primary amides is 1. The smallest absolute Gasteiger partial charge is 0.316 e. The maximum absolute atomic E-state index is 11.4. The minimum absolute atomic E-state index is 0.144. The van der Waals surface area contributed by atoms with E-state index in [1.807, 2.05) is 13.8 Å². The van der Waals surface area contributed by atoms with Gasteiger partial charge in [-0.25, -0.2) is 9.42 Å². The molecule has 4 N–H and O–H groups in total. The average Bonchev–Trinajstić information content (AvgIpc) is 2.88. The van der Waals surface area contributed by atoms with E-state index < -0.39 is 17.7 Å². The van der Waals surface area contributed by atoms with Crippen molar-refractivity contribution in [1.82, 2.24) is 10.3 Å². The van der Waals surface area contributed by atoms with Gasteiger partial charge in [0, 0.05) is 11.5 Å². The normalized spacial score (nSPS) is 22.7. The van der Waals surface area contributed by atoms with Crippen molar-refractivity contribution in [2.45, 2.75) is 45.3 Å². The Bertz CT molecular complexity index is 768. The SMILES string of the molecule is CC(C)C1c2cc3nonc3c(NC(N)=O)c2OC(C)(C)C1O. The Morgan fingerprint density at radius 3 is 2.74 bits per heavy atom. The lowest BCUT2D eigenvalue weighted by Gasteiger charge is -2.44. The number of fused-ring (bicyclic) bond motifs is 2. The van der Waals surface area contributed by atoms with Gasteiger partial charge in [-0.1, -0.05) is 13.8 Å². The summed E-state index contributed by atoms with van der Waals surface area (Å²) in [4.78, 5) is 11.4. The van der Waals surface area contributed by atoms with Crippen LogP contribution in [0.4, 0.5) is 10.5 Å². The van der Waals surface area contributed by atoms with Gasteiger partial charge in [0.1, 0.15) is 28.7 Å². The first-order chi connectivity index (χ1) is 10.7. The second-order valence-corrected chi connectivity index (χ2v) is 6.71. The molecule has 2 amide bonds. The second-order valence-electron chi connectivity index (χ2n) is 6.71. The summed E-state index contributed by atoms with van der Waals surface area (Å²) in [6.45, 7) is 7.64.